The molecule has 1 N–H and O–H groups in total. The van der Waals surface area contributed by atoms with E-state index in [1.165, 1.54) is 0 Å². The molecular formula is C32H27Cl2NO4. The van der Waals surface area contributed by atoms with Crippen LogP contribution in [0.4, 0.5) is 0 Å². The second kappa shape index (κ2) is 11.5. The maximum atomic E-state index is 11.5. The summed E-state index contributed by atoms with van der Waals surface area (Å²) in [5, 5.41) is 16.7. The van der Waals surface area contributed by atoms with Crippen LogP contribution in [0.2, 0.25) is 10.0 Å². The van der Waals surface area contributed by atoms with Gasteiger partial charge in [0.1, 0.15) is 18.1 Å². The molecule has 0 amide bonds. The standard InChI is InChI=1S/C32H27Cl2NO4/c1-19(2)31-27(30(35-39-31)16-15-26-28(33)7-4-8-29(26)34)18-38-23-12-9-20(10-13-23)21-11-14-24-22(17-21)5-3-6-25(24)32(36)37/h3-14,17,19H,15-16,18H2,1-2H3,(H,36,37). The summed E-state index contributed by atoms with van der Waals surface area (Å²) in [4.78, 5) is 11.5. The molecule has 0 bridgehead atoms. The van der Waals surface area contributed by atoms with E-state index in [1.54, 1.807) is 12.1 Å². The molecule has 0 aliphatic heterocycles. The number of hydrogen-bond donors (Lipinski definition) is 1. The van der Waals surface area contributed by atoms with Crippen LogP contribution >= 0.6 is 23.2 Å². The first kappa shape index (κ1) is 26.8. The molecule has 0 radical (unpaired) electrons. The zero-order valence-electron chi connectivity index (χ0n) is 21.6. The molecule has 0 aliphatic rings. The molecule has 5 nitrogen and oxygen atoms in total. The van der Waals surface area contributed by atoms with Crippen molar-refractivity contribution >= 4 is 39.9 Å². The van der Waals surface area contributed by atoms with Crippen LogP contribution in [0.3, 0.4) is 0 Å². The third kappa shape index (κ3) is 5.80. The van der Waals surface area contributed by atoms with E-state index in [1.807, 2.05) is 66.7 Å². The van der Waals surface area contributed by atoms with Gasteiger partial charge in [0.2, 0.25) is 0 Å². The first-order valence-electron chi connectivity index (χ1n) is 12.7. The maximum absolute atomic E-state index is 11.5. The molecule has 39 heavy (non-hydrogen) atoms. The van der Waals surface area contributed by atoms with Gasteiger partial charge in [-0.2, -0.15) is 0 Å². The summed E-state index contributed by atoms with van der Waals surface area (Å²) in [5.41, 5.74) is 4.98. The molecule has 0 saturated heterocycles. The van der Waals surface area contributed by atoms with Gasteiger partial charge in [-0.3, -0.25) is 0 Å². The van der Waals surface area contributed by atoms with E-state index in [4.69, 9.17) is 32.5 Å². The molecule has 1 aromatic heterocycles. The number of nitrogens with zero attached hydrogens (tertiary/aromatic N) is 1. The van der Waals surface area contributed by atoms with Crippen LogP contribution in [0.5, 0.6) is 5.75 Å². The number of ether oxygens (including phenoxy) is 1. The molecule has 4 aromatic carbocycles. The molecule has 0 spiro atoms. The minimum absolute atomic E-state index is 0.158. The second-order valence-electron chi connectivity index (χ2n) is 9.69. The number of aromatic carboxylic acids is 1. The Bertz CT molecular complexity index is 1620. The van der Waals surface area contributed by atoms with Crippen LogP contribution in [0.25, 0.3) is 21.9 Å². The lowest BCUT2D eigenvalue weighted by Crippen LogP contribution is -2.04. The van der Waals surface area contributed by atoms with Gasteiger partial charge in [-0.15, -0.1) is 0 Å². The molecule has 5 aromatic rings. The number of aryl methyl sites for hydroxylation is 1. The molecule has 0 atom stereocenters. The minimum Gasteiger partial charge on any atom is -0.489 e. The van der Waals surface area contributed by atoms with Crippen molar-refractivity contribution in [2.24, 2.45) is 0 Å². The summed E-state index contributed by atoms with van der Waals surface area (Å²) in [7, 11) is 0. The summed E-state index contributed by atoms with van der Waals surface area (Å²) >= 11 is 12.7. The fourth-order valence-electron chi connectivity index (χ4n) is 4.72. The lowest BCUT2D eigenvalue weighted by Gasteiger charge is -2.11. The van der Waals surface area contributed by atoms with Gasteiger partial charge in [-0.1, -0.05) is 84.7 Å². The van der Waals surface area contributed by atoms with Gasteiger partial charge in [-0.05, 0) is 76.7 Å². The van der Waals surface area contributed by atoms with Gasteiger partial charge >= 0.3 is 5.97 Å². The number of aromatic nitrogens is 1. The van der Waals surface area contributed by atoms with Crippen molar-refractivity contribution in [1.82, 2.24) is 5.16 Å². The second-order valence-corrected chi connectivity index (χ2v) is 10.5. The normalized spacial score (nSPS) is 11.3. The molecule has 0 saturated carbocycles. The minimum atomic E-state index is -0.931. The van der Waals surface area contributed by atoms with E-state index in [-0.39, 0.29) is 5.92 Å². The van der Waals surface area contributed by atoms with E-state index in [0.29, 0.717) is 35.1 Å². The number of rotatable bonds is 9. The van der Waals surface area contributed by atoms with Crippen LogP contribution in [-0.2, 0) is 19.4 Å². The highest BCUT2D eigenvalue weighted by molar-refractivity contribution is 6.36. The molecule has 0 fully saturated rings. The molecular weight excluding hydrogens is 533 g/mol. The zero-order valence-corrected chi connectivity index (χ0v) is 23.1. The average Bonchev–Trinajstić information content (AvgIpc) is 3.34. The Hall–Kier alpha value is -3.80. The Balaban J connectivity index is 1.32. The van der Waals surface area contributed by atoms with Gasteiger partial charge < -0.3 is 14.4 Å². The van der Waals surface area contributed by atoms with E-state index < -0.39 is 5.97 Å². The van der Waals surface area contributed by atoms with Crippen LogP contribution in [0.15, 0.2) is 83.4 Å². The Morgan fingerprint density at radius 1 is 0.897 bits per heavy atom. The van der Waals surface area contributed by atoms with Gasteiger partial charge in [0.05, 0.1) is 16.8 Å². The summed E-state index contributed by atoms with van der Waals surface area (Å²) in [6.07, 6.45) is 1.27. The summed E-state index contributed by atoms with van der Waals surface area (Å²) < 4.78 is 11.9. The summed E-state index contributed by atoms with van der Waals surface area (Å²) in [5.74, 6) is 0.761. The first-order chi connectivity index (χ1) is 18.8. The Morgan fingerprint density at radius 2 is 1.59 bits per heavy atom. The molecule has 7 heteroatoms. The average molecular weight is 560 g/mol. The predicted octanol–water partition coefficient (Wildman–Crippen LogP) is 8.99. The molecule has 5 rings (SSSR count). The quantitative estimate of drug-likeness (QED) is 0.195. The number of fused-ring (bicyclic) bond motifs is 1. The fraction of sp³-hybridized carbons (Fsp3) is 0.188. The van der Waals surface area contributed by atoms with Crippen LogP contribution in [-0.4, -0.2) is 16.2 Å². The Labute approximate surface area is 236 Å². The van der Waals surface area contributed by atoms with Crippen molar-refractivity contribution in [2.45, 2.75) is 39.2 Å². The third-order valence-corrected chi connectivity index (χ3v) is 7.49. The summed E-state index contributed by atoms with van der Waals surface area (Å²) in [6, 6.07) is 24.5. The molecule has 0 aliphatic carbocycles. The number of hydrogen-bond acceptors (Lipinski definition) is 4. The molecule has 0 unspecified atom stereocenters. The third-order valence-electron chi connectivity index (χ3n) is 6.78. The van der Waals surface area contributed by atoms with E-state index in [9.17, 15) is 9.90 Å². The van der Waals surface area contributed by atoms with Crippen molar-refractivity contribution in [2.75, 3.05) is 0 Å². The predicted molar refractivity (Wildman–Crippen MR) is 155 cm³/mol. The molecule has 1 heterocycles. The van der Waals surface area contributed by atoms with Crippen LogP contribution in [0.1, 0.15) is 52.7 Å². The fourth-order valence-corrected chi connectivity index (χ4v) is 5.31. The Kier molecular flexibility index (Phi) is 7.92. The van der Waals surface area contributed by atoms with E-state index in [0.717, 1.165) is 50.2 Å². The highest BCUT2D eigenvalue weighted by Crippen LogP contribution is 2.31. The van der Waals surface area contributed by atoms with Crippen molar-refractivity contribution in [1.29, 1.82) is 0 Å². The van der Waals surface area contributed by atoms with Crippen molar-refractivity contribution in [3.63, 3.8) is 0 Å². The van der Waals surface area contributed by atoms with Gasteiger partial charge in [0, 0.05) is 16.0 Å². The largest absolute Gasteiger partial charge is 0.489 e. The number of carboxylic acids is 1. The smallest absolute Gasteiger partial charge is 0.336 e. The zero-order chi connectivity index (χ0) is 27.5. The van der Waals surface area contributed by atoms with Gasteiger partial charge in [0.25, 0.3) is 0 Å². The lowest BCUT2D eigenvalue weighted by molar-refractivity contribution is 0.0699. The number of halogens is 2. The Morgan fingerprint density at radius 3 is 2.28 bits per heavy atom. The lowest BCUT2D eigenvalue weighted by atomic mass is 9.98. The van der Waals surface area contributed by atoms with Crippen LogP contribution < -0.4 is 4.74 Å². The van der Waals surface area contributed by atoms with Gasteiger partial charge in [-0.25, -0.2) is 4.79 Å². The number of carbonyl (C=O) groups is 1. The highest BCUT2D eigenvalue weighted by Gasteiger charge is 2.20. The first-order valence-corrected chi connectivity index (χ1v) is 13.5. The molecule has 198 valence electrons. The number of carboxylic acid groups (broad SMARTS) is 1. The maximum Gasteiger partial charge on any atom is 0.336 e. The summed E-state index contributed by atoms with van der Waals surface area (Å²) in [6.45, 7) is 4.46. The highest BCUT2D eigenvalue weighted by atomic mass is 35.5. The van der Waals surface area contributed by atoms with Crippen molar-refractivity contribution < 1.29 is 19.2 Å². The van der Waals surface area contributed by atoms with Crippen LogP contribution in [0, 0.1) is 0 Å². The SMILES string of the molecule is CC(C)c1onc(CCc2c(Cl)cccc2Cl)c1COc1ccc(-c2ccc3c(C(=O)O)cccc3c2)cc1. The van der Waals surface area contributed by atoms with Crippen molar-refractivity contribution in [3.05, 3.63) is 117 Å². The number of benzene rings is 4. The van der Waals surface area contributed by atoms with E-state index >= 15 is 0 Å². The van der Waals surface area contributed by atoms with E-state index in [2.05, 4.69) is 19.0 Å². The van der Waals surface area contributed by atoms with Crippen molar-refractivity contribution in [3.8, 4) is 16.9 Å². The monoisotopic (exact) mass is 559 g/mol. The topological polar surface area (TPSA) is 72.6 Å². The van der Waals surface area contributed by atoms with Gasteiger partial charge in [0.15, 0.2) is 0 Å².